The highest BCUT2D eigenvalue weighted by molar-refractivity contribution is 5.79. The fraction of sp³-hybridized carbons (Fsp3) is 0.909. The molecule has 4 nitrogen and oxygen atoms in total. The van der Waals surface area contributed by atoms with Crippen LogP contribution in [0.1, 0.15) is 39.0 Å². The van der Waals surface area contributed by atoms with Crippen LogP contribution in [0.25, 0.3) is 0 Å². The lowest BCUT2D eigenvalue weighted by molar-refractivity contribution is -0.124. The van der Waals surface area contributed by atoms with Gasteiger partial charge in [0.25, 0.3) is 0 Å². The van der Waals surface area contributed by atoms with Crippen LogP contribution in [0.5, 0.6) is 0 Å². The summed E-state index contributed by atoms with van der Waals surface area (Å²) in [4.78, 5) is 13.6. The van der Waals surface area contributed by atoms with Crippen LogP contribution in [0, 0.1) is 0 Å². The summed E-state index contributed by atoms with van der Waals surface area (Å²) in [5, 5.41) is 0. The van der Waals surface area contributed by atoms with Crippen molar-refractivity contribution in [1.29, 1.82) is 0 Å². The summed E-state index contributed by atoms with van der Waals surface area (Å²) in [6.45, 7) is 3.39. The van der Waals surface area contributed by atoms with Gasteiger partial charge in [0.2, 0.25) is 5.91 Å². The monoisotopic (exact) mass is 213 g/mol. The second kappa shape index (κ2) is 6.08. The molecule has 0 aliphatic heterocycles. The molecule has 88 valence electrons. The summed E-state index contributed by atoms with van der Waals surface area (Å²) in [6, 6.07) is 0.391. The van der Waals surface area contributed by atoms with Crippen LogP contribution in [0.3, 0.4) is 0 Å². The highest BCUT2D eigenvalue weighted by Gasteiger charge is 2.29. The molecule has 1 fully saturated rings. The third-order valence-corrected chi connectivity index (χ3v) is 3.30. The Morgan fingerprint density at radius 1 is 1.47 bits per heavy atom. The van der Waals surface area contributed by atoms with Gasteiger partial charge in [-0.25, -0.2) is 0 Å². The largest absolute Gasteiger partial charge is 0.368 e. The van der Waals surface area contributed by atoms with Gasteiger partial charge in [0.05, 0.1) is 6.04 Å². The predicted molar refractivity (Wildman–Crippen MR) is 61.3 cm³/mol. The predicted octanol–water partition coefficient (Wildman–Crippen LogP) is 0.454. The average molecular weight is 213 g/mol. The van der Waals surface area contributed by atoms with E-state index in [0.717, 1.165) is 13.0 Å². The van der Waals surface area contributed by atoms with E-state index in [1.807, 2.05) is 6.92 Å². The van der Waals surface area contributed by atoms with Gasteiger partial charge in [0.15, 0.2) is 0 Å². The molecule has 4 N–H and O–H groups in total. The average Bonchev–Trinajstić information content (AvgIpc) is 2.69. The normalized spacial score (nSPS) is 19.7. The highest BCUT2D eigenvalue weighted by atomic mass is 16.1. The van der Waals surface area contributed by atoms with Crippen LogP contribution >= 0.6 is 0 Å². The lowest BCUT2D eigenvalue weighted by atomic mass is 10.1. The van der Waals surface area contributed by atoms with E-state index in [1.165, 1.54) is 25.7 Å². The van der Waals surface area contributed by atoms with Crippen LogP contribution in [0.15, 0.2) is 0 Å². The van der Waals surface area contributed by atoms with Gasteiger partial charge < -0.3 is 11.5 Å². The molecule has 0 aromatic carbocycles. The maximum Gasteiger partial charge on any atom is 0.234 e. The van der Waals surface area contributed by atoms with E-state index in [9.17, 15) is 4.79 Å². The molecule has 0 heterocycles. The van der Waals surface area contributed by atoms with Crippen molar-refractivity contribution in [3.63, 3.8) is 0 Å². The van der Waals surface area contributed by atoms with Gasteiger partial charge in [0, 0.05) is 19.1 Å². The summed E-state index contributed by atoms with van der Waals surface area (Å²) in [6.07, 6.45) is 5.68. The molecule has 1 rings (SSSR count). The molecule has 1 atom stereocenters. The van der Waals surface area contributed by atoms with E-state index in [0.29, 0.717) is 12.6 Å². The van der Waals surface area contributed by atoms with Crippen LogP contribution in [0.4, 0.5) is 0 Å². The zero-order valence-electron chi connectivity index (χ0n) is 9.61. The zero-order chi connectivity index (χ0) is 11.3. The second-order valence-electron chi connectivity index (χ2n) is 4.29. The second-order valence-corrected chi connectivity index (χ2v) is 4.29. The highest BCUT2D eigenvalue weighted by Crippen LogP contribution is 2.25. The van der Waals surface area contributed by atoms with Gasteiger partial charge >= 0.3 is 0 Å². The van der Waals surface area contributed by atoms with E-state index >= 15 is 0 Å². The van der Waals surface area contributed by atoms with Gasteiger partial charge in [-0.1, -0.05) is 19.8 Å². The Morgan fingerprint density at radius 3 is 2.47 bits per heavy atom. The molecule has 0 saturated heterocycles. The van der Waals surface area contributed by atoms with Gasteiger partial charge in [-0.05, 0) is 19.3 Å². The molecule has 1 amide bonds. The van der Waals surface area contributed by atoms with E-state index in [-0.39, 0.29) is 11.9 Å². The number of primary amides is 1. The summed E-state index contributed by atoms with van der Waals surface area (Å²) in [7, 11) is 0. The third-order valence-electron chi connectivity index (χ3n) is 3.30. The van der Waals surface area contributed by atoms with E-state index in [4.69, 9.17) is 11.5 Å². The maximum absolute atomic E-state index is 11.3. The molecule has 1 unspecified atom stereocenters. The number of carbonyl (C=O) groups excluding carboxylic acids is 1. The summed E-state index contributed by atoms with van der Waals surface area (Å²) in [5.74, 6) is -0.210. The minimum absolute atomic E-state index is 0.128. The van der Waals surface area contributed by atoms with Gasteiger partial charge in [-0.3, -0.25) is 9.69 Å². The van der Waals surface area contributed by atoms with Crippen molar-refractivity contribution in [2.45, 2.75) is 51.1 Å². The third kappa shape index (κ3) is 3.18. The molecule has 4 heteroatoms. The number of nitrogens with zero attached hydrogens (tertiary/aromatic N) is 1. The lowest BCUT2D eigenvalue weighted by Crippen LogP contribution is -2.50. The van der Waals surface area contributed by atoms with Crippen molar-refractivity contribution in [2.24, 2.45) is 11.5 Å². The maximum atomic E-state index is 11.3. The van der Waals surface area contributed by atoms with Crippen molar-refractivity contribution in [3.05, 3.63) is 0 Å². The Bertz CT molecular complexity index is 202. The van der Waals surface area contributed by atoms with Gasteiger partial charge in [-0.2, -0.15) is 0 Å². The topological polar surface area (TPSA) is 72.4 Å². The minimum atomic E-state index is -0.210. The molecule has 15 heavy (non-hydrogen) atoms. The fourth-order valence-corrected chi connectivity index (χ4v) is 2.58. The lowest BCUT2D eigenvalue weighted by Gasteiger charge is -2.33. The molecule has 0 radical (unpaired) electrons. The Kier molecular flexibility index (Phi) is 5.05. The van der Waals surface area contributed by atoms with E-state index in [1.54, 1.807) is 0 Å². The van der Waals surface area contributed by atoms with E-state index in [2.05, 4.69) is 4.90 Å². The first-order valence-corrected chi connectivity index (χ1v) is 5.95. The molecular weight excluding hydrogens is 190 g/mol. The number of hydrogen-bond acceptors (Lipinski definition) is 3. The number of rotatable bonds is 6. The van der Waals surface area contributed by atoms with Gasteiger partial charge in [-0.15, -0.1) is 0 Å². The molecule has 0 bridgehead atoms. The molecule has 0 spiro atoms. The first-order chi connectivity index (χ1) is 7.20. The van der Waals surface area contributed by atoms with Crippen LogP contribution in [-0.2, 0) is 4.79 Å². The number of hydrogen-bond donors (Lipinski definition) is 2. The number of amides is 1. The van der Waals surface area contributed by atoms with Crippen molar-refractivity contribution in [1.82, 2.24) is 4.90 Å². The van der Waals surface area contributed by atoms with E-state index < -0.39 is 0 Å². The molecule has 1 saturated carbocycles. The first kappa shape index (κ1) is 12.5. The minimum Gasteiger partial charge on any atom is -0.368 e. The summed E-state index contributed by atoms with van der Waals surface area (Å²) in [5.41, 5.74) is 11.0. The Morgan fingerprint density at radius 2 is 2.07 bits per heavy atom. The Labute approximate surface area is 92.0 Å². The van der Waals surface area contributed by atoms with Crippen LogP contribution in [0.2, 0.25) is 0 Å². The molecule has 0 aromatic heterocycles. The summed E-state index contributed by atoms with van der Waals surface area (Å²) >= 11 is 0. The zero-order valence-corrected chi connectivity index (χ0v) is 9.61. The smallest absolute Gasteiger partial charge is 0.234 e. The van der Waals surface area contributed by atoms with Crippen LogP contribution in [-0.4, -0.2) is 36.0 Å². The fourth-order valence-electron chi connectivity index (χ4n) is 2.58. The Hall–Kier alpha value is -0.610. The molecule has 1 aliphatic carbocycles. The molecule has 1 aliphatic rings. The molecular formula is C11H23N3O. The first-order valence-electron chi connectivity index (χ1n) is 5.95. The standard InChI is InChI=1S/C11H23N3O/c1-2-10(11(13)15)14(8-7-12)9-5-3-4-6-9/h9-10H,2-8,12H2,1H3,(H2,13,15). The van der Waals surface area contributed by atoms with Crippen molar-refractivity contribution in [3.8, 4) is 0 Å². The quantitative estimate of drug-likeness (QED) is 0.673. The van der Waals surface area contributed by atoms with Crippen molar-refractivity contribution in [2.75, 3.05) is 13.1 Å². The SMILES string of the molecule is CCC(C(N)=O)N(CCN)C1CCCC1. The van der Waals surface area contributed by atoms with Gasteiger partial charge in [0.1, 0.15) is 0 Å². The number of nitrogens with two attached hydrogens (primary N) is 2. The summed E-state index contributed by atoms with van der Waals surface area (Å²) < 4.78 is 0. The van der Waals surface area contributed by atoms with Crippen molar-refractivity contribution >= 4 is 5.91 Å². The molecule has 0 aromatic rings. The van der Waals surface area contributed by atoms with Crippen molar-refractivity contribution < 1.29 is 4.79 Å². The van der Waals surface area contributed by atoms with Crippen LogP contribution < -0.4 is 11.5 Å². The Balaban J connectivity index is 2.65. The number of carbonyl (C=O) groups is 1.